The average molecular weight is 327 g/mol. The summed E-state index contributed by atoms with van der Waals surface area (Å²) in [5.74, 6) is 0.0814. The zero-order chi connectivity index (χ0) is 12.3. The Morgan fingerprint density at radius 1 is 1.11 bits per heavy atom. The van der Waals surface area contributed by atoms with Crippen LogP contribution >= 0.6 is 11.6 Å². The number of nitrogens with zero attached hydrogens (tertiary/aromatic N) is 1. The van der Waals surface area contributed by atoms with Crippen molar-refractivity contribution in [3.8, 4) is 0 Å². The van der Waals surface area contributed by atoms with Crippen LogP contribution in [0.4, 0.5) is 0 Å². The number of rotatable bonds is 3. The summed E-state index contributed by atoms with van der Waals surface area (Å²) >= 11 is 5.80. The Labute approximate surface area is 122 Å². The molecular formula is C14H13BrClNO. The molecule has 0 bridgehead atoms. The lowest BCUT2D eigenvalue weighted by Gasteiger charge is -2.06. The largest absolute Gasteiger partial charge is 1.00 e. The molecule has 18 heavy (non-hydrogen) atoms. The molecule has 0 aliphatic carbocycles. The average Bonchev–Trinajstić information content (AvgIpc) is 2.39. The number of aromatic nitrogens is 1. The van der Waals surface area contributed by atoms with E-state index in [-0.39, 0.29) is 28.8 Å². The van der Waals surface area contributed by atoms with E-state index in [0.29, 0.717) is 10.6 Å². The van der Waals surface area contributed by atoms with Crippen molar-refractivity contribution in [2.75, 3.05) is 0 Å². The second-order valence-electron chi connectivity index (χ2n) is 3.87. The first-order valence-electron chi connectivity index (χ1n) is 5.44. The number of benzene rings is 1. The van der Waals surface area contributed by atoms with E-state index in [4.69, 9.17) is 11.6 Å². The van der Waals surface area contributed by atoms with Crippen LogP contribution in [0.15, 0.2) is 54.9 Å². The lowest BCUT2D eigenvalue weighted by molar-refractivity contribution is -0.704. The van der Waals surface area contributed by atoms with Gasteiger partial charge in [0.1, 0.15) is 0 Å². The highest BCUT2D eigenvalue weighted by Gasteiger charge is 2.22. The molecule has 0 aliphatic heterocycles. The van der Waals surface area contributed by atoms with Crippen LogP contribution in [0.25, 0.3) is 0 Å². The maximum Gasteiger partial charge on any atom is 0.230 e. The van der Waals surface area contributed by atoms with Crippen LogP contribution in [0.5, 0.6) is 0 Å². The van der Waals surface area contributed by atoms with E-state index < -0.39 is 0 Å². The van der Waals surface area contributed by atoms with Crippen molar-refractivity contribution in [3.05, 3.63) is 65.4 Å². The lowest BCUT2D eigenvalue weighted by Crippen LogP contribution is -3.00. The van der Waals surface area contributed by atoms with Crippen LogP contribution in [0.2, 0.25) is 5.02 Å². The third-order valence-corrected chi connectivity index (χ3v) is 2.95. The summed E-state index contributed by atoms with van der Waals surface area (Å²) in [4.78, 5) is 12.2. The first kappa shape index (κ1) is 14.9. The molecule has 1 aromatic carbocycles. The van der Waals surface area contributed by atoms with Crippen molar-refractivity contribution in [1.29, 1.82) is 0 Å². The summed E-state index contributed by atoms with van der Waals surface area (Å²) in [6.07, 6.45) is 3.77. The molecule has 1 unspecified atom stereocenters. The number of Topliss-reactive ketones (excluding diaryl/α,β-unsaturated/α-hetero) is 1. The van der Waals surface area contributed by atoms with Gasteiger partial charge in [-0.05, 0) is 24.3 Å². The Morgan fingerprint density at radius 2 is 1.67 bits per heavy atom. The Hall–Kier alpha value is -1.19. The lowest BCUT2D eigenvalue weighted by atomic mass is 10.1. The minimum absolute atomic E-state index is 0. The fourth-order valence-electron chi connectivity index (χ4n) is 1.66. The number of ketones is 1. The molecule has 0 spiro atoms. The highest BCUT2D eigenvalue weighted by atomic mass is 79.9. The predicted octanol–water partition coefficient (Wildman–Crippen LogP) is 0.0754. The van der Waals surface area contributed by atoms with Gasteiger partial charge in [-0.25, -0.2) is 0 Å². The highest BCUT2D eigenvalue weighted by Crippen LogP contribution is 2.13. The zero-order valence-corrected chi connectivity index (χ0v) is 12.2. The molecule has 0 N–H and O–H groups in total. The number of hydrogen-bond donors (Lipinski definition) is 0. The fraction of sp³-hybridized carbons (Fsp3) is 0.143. The van der Waals surface area contributed by atoms with Gasteiger partial charge in [-0.2, -0.15) is 4.57 Å². The third-order valence-electron chi connectivity index (χ3n) is 2.69. The van der Waals surface area contributed by atoms with Crippen LogP contribution in [0, 0.1) is 0 Å². The number of hydrogen-bond acceptors (Lipinski definition) is 1. The molecule has 0 amide bonds. The van der Waals surface area contributed by atoms with Crippen LogP contribution < -0.4 is 21.5 Å². The first-order chi connectivity index (χ1) is 8.18. The van der Waals surface area contributed by atoms with Crippen molar-refractivity contribution in [1.82, 2.24) is 0 Å². The van der Waals surface area contributed by atoms with E-state index in [2.05, 4.69) is 0 Å². The summed E-state index contributed by atoms with van der Waals surface area (Å²) in [6, 6.07) is 12.5. The van der Waals surface area contributed by atoms with E-state index in [1.165, 1.54) is 0 Å². The minimum atomic E-state index is -0.211. The molecule has 94 valence electrons. The number of pyridine rings is 1. The van der Waals surface area contributed by atoms with Crippen molar-refractivity contribution in [2.24, 2.45) is 0 Å². The fourth-order valence-corrected chi connectivity index (χ4v) is 1.79. The van der Waals surface area contributed by atoms with E-state index in [1.54, 1.807) is 24.3 Å². The van der Waals surface area contributed by atoms with Gasteiger partial charge in [-0.3, -0.25) is 4.79 Å². The second kappa shape index (κ2) is 6.66. The van der Waals surface area contributed by atoms with Gasteiger partial charge in [0, 0.05) is 29.6 Å². The Morgan fingerprint density at radius 3 is 2.22 bits per heavy atom. The van der Waals surface area contributed by atoms with Crippen LogP contribution in [0.3, 0.4) is 0 Å². The summed E-state index contributed by atoms with van der Waals surface area (Å²) in [5.41, 5.74) is 0.679. The van der Waals surface area contributed by atoms with E-state index in [1.807, 2.05) is 42.1 Å². The van der Waals surface area contributed by atoms with Gasteiger partial charge in [0.05, 0.1) is 0 Å². The summed E-state index contributed by atoms with van der Waals surface area (Å²) in [5, 5.41) is 0.640. The molecular weight excluding hydrogens is 314 g/mol. The third kappa shape index (κ3) is 3.40. The van der Waals surface area contributed by atoms with Crippen molar-refractivity contribution >= 4 is 17.4 Å². The quantitative estimate of drug-likeness (QED) is 0.578. The maximum absolute atomic E-state index is 12.2. The monoisotopic (exact) mass is 325 g/mol. The smallest absolute Gasteiger partial charge is 0.230 e. The van der Waals surface area contributed by atoms with Gasteiger partial charge in [-0.1, -0.05) is 17.7 Å². The van der Waals surface area contributed by atoms with Crippen LogP contribution in [-0.4, -0.2) is 5.78 Å². The molecule has 2 rings (SSSR count). The van der Waals surface area contributed by atoms with Gasteiger partial charge >= 0.3 is 0 Å². The standard InChI is InChI=1S/C14H13ClNO.BrH/c1-11(16-9-3-2-4-10-16)14(17)12-5-7-13(15)8-6-12;/h2-11H,1H3;1H/q+1;/p-1. The molecule has 0 saturated carbocycles. The number of carbonyl (C=O) groups is 1. The van der Waals surface area contributed by atoms with E-state index >= 15 is 0 Å². The number of carbonyl (C=O) groups excluding carboxylic acids is 1. The Kier molecular flexibility index (Phi) is 5.51. The zero-order valence-electron chi connectivity index (χ0n) is 9.88. The maximum atomic E-state index is 12.2. The summed E-state index contributed by atoms with van der Waals surface area (Å²) in [6.45, 7) is 1.89. The number of halogens is 2. The van der Waals surface area contributed by atoms with Crippen molar-refractivity contribution in [3.63, 3.8) is 0 Å². The summed E-state index contributed by atoms with van der Waals surface area (Å²) in [7, 11) is 0. The molecule has 2 aromatic rings. The molecule has 4 heteroatoms. The van der Waals surface area contributed by atoms with Crippen LogP contribution in [0.1, 0.15) is 23.3 Å². The minimum Gasteiger partial charge on any atom is -1.00 e. The first-order valence-corrected chi connectivity index (χ1v) is 5.82. The highest BCUT2D eigenvalue weighted by molar-refractivity contribution is 6.30. The van der Waals surface area contributed by atoms with Crippen LogP contribution in [-0.2, 0) is 0 Å². The second-order valence-corrected chi connectivity index (χ2v) is 4.31. The molecule has 2 nitrogen and oxygen atoms in total. The molecule has 0 fully saturated rings. The molecule has 1 atom stereocenters. The van der Waals surface area contributed by atoms with Gasteiger partial charge in [0.2, 0.25) is 11.8 Å². The van der Waals surface area contributed by atoms with Gasteiger partial charge < -0.3 is 17.0 Å². The normalized spacial score (nSPS) is 11.4. The molecule has 0 saturated heterocycles. The SMILES string of the molecule is CC(C(=O)c1ccc(Cl)cc1)[n+]1ccccc1.[Br-]. The topological polar surface area (TPSA) is 20.9 Å². The van der Waals surface area contributed by atoms with Crippen molar-refractivity contribution < 1.29 is 26.3 Å². The van der Waals surface area contributed by atoms with E-state index in [9.17, 15) is 4.79 Å². The molecule has 0 radical (unpaired) electrons. The molecule has 1 aromatic heterocycles. The molecule has 1 heterocycles. The predicted molar refractivity (Wildman–Crippen MR) is 67.1 cm³/mol. The summed E-state index contributed by atoms with van der Waals surface area (Å²) < 4.78 is 1.89. The Balaban J connectivity index is 0.00000162. The van der Waals surface area contributed by atoms with Gasteiger partial charge in [0.25, 0.3) is 0 Å². The van der Waals surface area contributed by atoms with E-state index in [0.717, 1.165) is 0 Å². The molecule has 0 aliphatic rings. The van der Waals surface area contributed by atoms with Crippen molar-refractivity contribution in [2.45, 2.75) is 13.0 Å². The van der Waals surface area contributed by atoms with Gasteiger partial charge in [-0.15, -0.1) is 0 Å². The Bertz CT molecular complexity index is 513. The van der Waals surface area contributed by atoms with Gasteiger partial charge in [0.15, 0.2) is 12.4 Å².